The van der Waals surface area contributed by atoms with E-state index in [1.54, 1.807) is 0 Å². The van der Waals surface area contributed by atoms with Crippen LogP contribution in [0.2, 0.25) is 0 Å². The van der Waals surface area contributed by atoms with Crippen molar-refractivity contribution >= 4 is 57.4 Å². The molecule has 0 unspecified atom stereocenters. The van der Waals surface area contributed by atoms with Gasteiger partial charge in [0.15, 0.2) is 6.20 Å². The number of nitrogens with zero attached hydrogens (tertiary/aromatic N) is 2. The molecule has 0 amide bonds. The van der Waals surface area contributed by atoms with Crippen LogP contribution in [0.15, 0.2) is 15.1 Å². The quantitative estimate of drug-likeness (QED) is 0.447. The van der Waals surface area contributed by atoms with E-state index >= 15 is 0 Å². The van der Waals surface area contributed by atoms with Crippen LogP contribution in [-0.4, -0.2) is 18.3 Å². The van der Waals surface area contributed by atoms with Gasteiger partial charge in [0.25, 0.3) is 0 Å². The molecule has 0 saturated carbocycles. The summed E-state index contributed by atoms with van der Waals surface area (Å²) in [5, 5.41) is 10.6. The van der Waals surface area contributed by atoms with Crippen molar-refractivity contribution in [2.45, 2.75) is 5.75 Å². The topological polar surface area (TPSA) is 90.2 Å². The monoisotopic (exact) mass is 392 g/mol. The van der Waals surface area contributed by atoms with Crippen LogP contribution in [0.25, 0.3) is 0 Å². The molecule has 0 aliphatic carbocycles. The molecule has 0 aromatic carbocycles. The van der Waals surface area contributed by atoms with E-state index in [9.17, 15) is 18.5 Å². The lowest BCUT2D eigenvalue weighted by Gasteiger charge is -2.04. The first kappa shape index (κ1) is 13.8. The van der Waals surface area contributed by atoms with E-state index in [-0.39, 0.29) is 10.0 Å². The Kier molecular flexibility index (Phi) is 4.27. The molecular weight excluding hydrogens is 391 g/mol. The molecule has 0 saturated heterocycles. The molecule has 0 aliphatic heterocycles. The van der Waals surface area contributed by atoms with Crippen molar-refractivity contribution in [2.75, 3.05) is 0 Å². The summed E-state index contributed by atoms with van der Waals surface area (Å²) in [5.74, 6) is -0.988. The van der Waals surface area contributed by atoms with E-state index in [4.69, 9.17) is 10.7 Å². The van der Waals surface area contributed by atoms with Gasteiger partial charge in [0, 0.05) is 16.2 Å². The minimum atomic E-state index is -3.80. The van der Waals surface area contributed by atoms with Gasteiger partial charge in [0.2, 0.25) is 9.05 Å². The Hall–Kier alpha value is -0.250. The SMILES string of the molecule is O=[N+]([O-])c1ncc(Br)c(CS(=O)(=O)Cl)c1Br. The summed E-state index contributed by atoms with van der Waals surface area (Å²) < 4.78 is 22.2. The number of halogens is 3. The number of rotatable bonds is 3. The largest absolute Gasteiger partial charge is 0.378 e. The molecule has 16 heavy (non-hydrogen) atoms. The van der Waals surface area contributed by atoms with Crippen LogP contribution in [0, 0.1) is 10.1 Å². The summed E-state index contributed by atoms with van der Waals surface area (Å²) in [7, 11) is 1.28. The van der Waals surface area contributed by atoms with Gasteiger partial charge in [-0.25, -0.2) is 8.42 Å². The van der Waals surface area contributed by atoms with Gasteiger partial charge in [0.1, 0.15) is 4.47 Å². The molecule has 0 fully saturated rings. The first-order valence-electron chi connectivity index (χ1n) is 3.62. The van der Waals surface area contributed by atoms with E-state index < -0.39 is 25.5 Å². The molecule has 0 aliphatic rings. The fourth-order valence-corrected chi connectivity index (χ4v) is 3.58. The summed E-state index contributed by atoms with van der Waals surface area (Å²) in [4.78, 5) is 13.4. The van der Waals surface area contributed by atoms with Crippen LogP contribution in [-0.2, 0) is 14.8 Å². The molecule has 0 atom stereocenters. The molecule has 0 spiro atoms. The molecule has 0 radical (unpaired) electrons. The van der Waals surface area contributed by atoms with E-state index in [0.717, 1.165) is 6.20 Å². The van der Waals surface area contributed by atoms with Crippen LogP contribution in [0.4, 0.5) is 5.82 Å². The Morgan fingerprint density at radius 2 is 2.06 bits per heavy atom. The average Bonchev–Trinajstić information content (AvgIpc) is 2.10. The summed E-state index contributed by atoms with van der Waals surface area (Å²) in [6.45, 7) is 0. The van der Waals surface area contributed by atoms with Crippen molar-refractivity contribution in [1.29, 1.82) is 0 Å². The summed E-state index contributed by atoms with van der Waals surface area (Å²) in [5.41, 5.74) is 0.164. The second-order valence-electron chi connectivity index (χ2n) is 2.66. The van der Waals surface area contributed by atoms with Crippen LogP contribution in [0.3, 0.4) is 0 Å². The van der Waals surface area contributed by atoms with Gasteiger partial charge in [-0.3, -0.25) is 0 Å². The second-order valence-corrected chi connectivity index (χ2v) is 7.09. The highest BCUT2D eigenvalue weighted by Gasteiger charge is 2.23. The van der Waals surface area contributed by atoms with Crippen molar-refractivity contribution in [3.05, 3.63) is 30.8 Å². The number of pyridine rings is 1. The molecule has 1 heterocycles. The van der Waals surface area contributed by atoms with Crippen LogP contribution >= 0.6 is 42.5 Å². The second kappa shape index (κ2) is 4.94. The van der Waals surface area contributed by atoms with E-state index in [2.05, 4.69) is 36.8 Å². The first-order chi connectivity index (χ1) is 7.22. The van der Waals surface area contributed by atoms with Crippen molar-refractivity contribution in [1.82, 2.24) is 4.98 Å². The Morgan fingerprint density at radius 3 is 2.50 bits per heavy atom. The van der Waals surface area contributed by atoms with Gasteiger partial charge in [-0.1, -0.05) is 0 Å². The normalized spacial score (nSPS) is 11.4. The van der Waals surface area contributed by atoms with Crippen molar-refractivity contribution in [3.8, 4) is 0 Å². The van der Waals surface area contributed by atoms with Gasteiger partial charge < -0.3 is 10.1 Å². The van der Waals surface area contributed by atoms with Gasteiger partial charge in [-0.05, 0) is 41.8 Å². The van der Waals surface area contributed by atoms with Gasteiger partial charge in [-0.15, -0.1) is 0 Å². The molecule has 1 aromatic heterocycles. The first-order valence-corrected chi connectivity index (χ1v) is 7.68. The third kappa shape index (κ3) is 3.37. The van der Waals surface area contributed by atoms with Gasteiger partial charge in [0.05, 0.1) is 10.2 Å². The van der Waals surface area contributed by atoms with E-state index in [1.165, 1.54) is 0 Å². The fourth-order valence-electron chi connectivity index (χ4n) is 0.924. The molecule has 0 bridgehead atoms. The fraction of sp³-hybridized carbons (Fsp3) is 0.167. The average molecular weight is 394 g/mol. The standard InChI is InChI=1S/C6H3Br2ClN2O4S/c7-4-1-10-6(11(12)13)5(8)3(4)2-16(9,14)15/h1H,2H2. The maximum Gasteiger partial charge on any atom is 0.378 e. The number of hydrogen-bond acceptors (Lipinski definition) is 5. The Balaban J connectivity index is 3.38. The molecule has 0 N–H and O–H groups in total. The van der Waals surface area contributed by atoms with Crippen molar-refractivity contribution in [2.24, 2.45) is 0 Å². The lowest BCUT2D eigenvalue weighted by atomic mass is 10.3. The Morgan fingerprint density at radius 1 is 1.50 bits per heavy atom. The number of hydrogen-bond donors (Lipinski definition) is 0. The molecule has 10 heteroatoms. The van der Waals surface area contributed by atoms with Crippen molar-refractivity contribution < 1.29 is 13.3 Å². The Labute approximate surface area is 112 Å². The number of aromatic nitrogens is 1. The molecular formula is C6H3Br2ClN2O4S. The highest BCUT2D eigenvalue weighted by Crippen LogP contribution is 2.33. The highest BCUT2D eigenvalue weighted by molar-refractivity contribution is 9.11. The maximum atomic E-state index is 10.9. The van der Waals surface area contributed by atoms with Gasteiger partial charge >= 0.3 is 5.82 Å². The van der Waals surface area contributed by atoms with Crippen LogP contribution < -0.4 is 0 Å². The molecule has 88 valence electrons. The maximum absolute atomic E-state index is 10.9. The van der Waals surface area contributed by atoms with Crippen molar-refractivity contribution in [3.63, 3.8) is 0 Å². The Bertz CT molecular complexity index is 548. The lowest BCUT2D eigenvalue weighted by molar-refractivity contribution is -0.390. The summed E-state index contributed by atoms with van der Waals surface area (Å²) >= 11 is 5.97. The predicted molar refractivity (Wildman–Crippen MR) is 64.8 cm³/mol. The molecule has 1 rings (SSSR count). The van der Waals surface area contributed by atoms with Crippen LogP contribution in [0.5, 0.6) is 0 Å². The molecule has 6 nitrogen and oxygen atoms in total. The molecule has 1 aromatic rings. The lowest BCUT2D eigenvalue weighted by Crippen LogP contribution is -2.02. The number of nitro groups is 1. The predicted octanol–water partition coefficient (Wildman–Crippen LogP) is 2.58. The highest BCUT2D eigenvalue weighted by atomic mass is 79.9. The summed E-state index contributed by atoms with van der Waals surface area (Å²) in [6.07, 6.45) is 1.15. The van der Waals surface area contributed by atoms with E-state index in [1.807, 2.05) is 0 Å². The van der Waals surface area contributed by atoms with Gasteiger partial charge in [-0.2, -0.15) is 0 Å². The third-order valence-corrected chi connectivity index (χ3v) is 4.02. The summed E-state index contributed by atoms with van der Waals surface area (Å²) in [6, 6.07) is 0. The zero-order valence-electron chi connectivity index (χ0n) is 7.35. The minimum absolute atomic E-state index is 0.00361. The smallest absolute Gasteiger partial charge is 0.358 e. The van der Waals surface area contributed by atoms with E-state index in [0.29, 0.717) is 4.47 Å². The minimum Gasteiger partial charge on any atom is -0.358 e. The van der Waals surface area contributed by atoms with Crippen LogP contribution in [0.1, 0.15) is 5.56 Å². The third-order valence-electron chi connectivity index (χ3n) is 1.54. The zero-order chi connectivity index (χ0) is 12.5. The zero-order valence-corrected chi connectivity index (χ0v) is 12.1.